The fourth-order valence-electron chi connectivity index (χ4n) is 3.46. The Morgan fingerprint density at radius 1 is 1.14 bits per heavy atom. The molecule has 0 amide bonds. The van der Waals surface area contributed by atoms with Crippen molar-refractivity contribution in [3.8, 4) is 0 Å². The fourth-order valence-corrected chi connectivity index (χ4v) is 5.31. The highest BCUT2D eigenvalue weighted by molar-refractivity contribution is 7.90. The molecule has 0 spiro atoms. The Balaban J connectivity index is 1.60. The van der Waals surface area contributed by atoms with Crippen LogP contribution >= 0.6 is 0 Å². The summed E-state index contributed by atoms with van der Waals surface area (Å²) in [6.45, 7) is 2.60. The molecular weight excluding hydrogens is 302 g/mol. The molecule has 0 radical (unpaired) electrons. The first-order valence-corrected chi connectivity index (χ1v) is 9.56. The lowest BCUT2D eigenvalue weighted by Crippen LogP contribution is -2.35. The first kappa shape index (κ1) is 14.5. The molecule has 1 aromatic heterocycles. The van der Waals surface area contributed by atoms with Crippen molar-refractivity contribution in [3.05, 3.63) is 23.3 Å². The lowest BCUT2D eigenvalue weighted by Gasteiger charge is -2.19. The van der Waals surface area contributed by atoms with E-state index >= 15 is 0 Å². The Labute approximate surface area is 131 Å². The maximum absolute atomic E-state index is 12.5. The van der Waals surface area contributed by atoms with Crippen molar-refractivity contribution in [2.24, 2.45) is 0 Å². The molecule has 1 atom stereocenters. The molecule has 1 saturated carbocycles. The highest BCUT2D eigenvalue weighted by Crippen LogP contribution is 2.33. The zero-order valence-corrected chi connectivity index (χ0v) is 13.4. The number of aromatic nitrogens is 2. The highest BCUT2D eigenvalue weighted by atomic mass is 32.2. The number of rotatable bonds is 3. The van der Waals surface area contributed by atoms with E-state index in [-0.39, 0.29) is 5.25 Å². The van der Waals surface area contributed by atoms with Gasteiger partial charge in [0.1, 0.15) is 6.33 Å². The molecule has 1 aliphatic carbocycles. The summed E-state index contributed by atoms with van der Waals surface area (Å²) in [6.07, 6.45) is 5.65. The Bertz CT molecular complexity index is 667. The van der Waals surface area contributed by atoms with Crippen LogP contribution in [0.1, 0.15) is 42.1 Å². The lowest BCUT2D eigenvalue weighted by molar-refractivity contribution is 0.193. The molecule has 3 heterocycles. The van der Waals surface area contributed by atoms with Gasteiger partial charge >= 0.3 is 0 Å². The van der Waals surface area contributed by atoms with Gasteiger partial charge in [0.2, 0.25) is 10.0 Å². The molecule has 4 rings (SSSR count). The van der Waals surface area contributed by atoms with Gasteiger partial charge in [0.05, 0.1) is 17.6 Å². The SMILES string of the molecule is O=S(=O)(C1CC1)N1CCc2ncnc(C3CCOC3)c2CC1. The van der Waals surface area contributed by atoms with Gasteiger partial charge in [0, 0.05) is 37.7 Å². The molecule has 6 nitrogen and oxygen atoms in total. The van der Waals surface area contributed by atoms with Crippen LogP contribution < -0.4 is 0 Å². The molecule has 1 aromatic rings. The van der Waals surface area contributed by atoms with Crippen molar-refractivity contribution in [1.29, 1.82) is 0 Å². The summed E-state index contributed by atoms with van der Waals surface area (Å²) in [4.78, 5) is 8.91. The summed E-state index contributed by atoms with van der Waals surface area (Å²) in [5.41, 5.74) is 3.25. The number of nitrogens with zero attached hydrogens (tertiary/aromatic N) is 3. The van der Waals surface area contributed by atoms with Crippen LogP contribution in [0.3, 0.4) is 0 Å². The number of sulfonamides is 1. The zero-order valence-electron chi connectivity index (χ0n) is 12.6. The van der Waals surface area contributed by atoms with E-state index in [0.717, 1.165) is 42.8 Å². The maximum atomic E-state index is 12.5. The van der Waals surface area contributed by atoms with E-state index in [9.17, 15) is 8.42 Å². The minimum atomic E-state index is -3.10. The third-order valence-corrected chi connectivity index (χ3v) is 7.30. The Morgan fingerprint density at radius 3 is 2.68 bits per heavy atom. The second-order valence-corrected chi connectivity index (χ2v) is 8.60. The second kappa shape index (κ2) is 5.54. The van der Waals surface area contributed by atoms with E-state index in [1.165, 1.54) is 0 Å². The molecular formula is C15H21N3O3S. The van der Waals surface area contributed by atoms with E-state index in [1.54, 1.807) is 10.6 Å². The molecule has 1 saturated heterocycles. The Kier molecular flexibility index (Phi) is 3.66. The Hall–Kier alpha value is -1.05. The van der Waals surface area contributed by atoms with E-state index in [4.69, 9.17) is 4.74 Å². The van der Waals surface area contributed by atoms with Gasteiger partial charge in [-0.1, -0.05) is 0 Å². The third-order valence-electron chi connectivity index (χ3n) is 4.90. The Morgan fingerprint density at radius 2 is 1.95 bits per heavy atom. The average Bonchev–Trinajstić information content (AvgIpc) is 3.28. The molecule has 0 bridgehead atoms. The molecule has 120 valence electrons. The number of hydrogen-bond acceptors (Lipinski definition) is 5. The molecule has 22 heavy (non-hydrogen) atoms. The van der Waals surface area contributed by atoms with Gasteiger partial charge in [-0.25, -0.2) is 22.7 Å². The van der Waals surface area contributed by atoms with Gasteiger partial charge in [-0.05, 0) is 31.2 Å². The van der Waals surface area contributed by atoms with Crippen molar-refractivity contribution >= 4 is 10.0 Å². The van der Waals surface area contributed by atoms with Crippen LogP contribution in [0.25, 0.3) is 0 Å². The minimum Gasteiger partial charge on any atom is -0.381 e. The molecule has 2 aliphatic heterocycles. The van der Waals surface area contributed by atoms with Gasteiger partial charge in [-0.15, -0.1) is 0 Å². The van der Waals surface area contributed by atoms with Crippen LogP contribution in [0.4, 0.5) is 0 Å². The van der Waals surface area contributed by atoms with E-state index in [0.29, 0.717) is 38.5 Å². The van der Waals surface area contributed by atoms with Crippen LogP contribution in [-0.4, -0.2) is 54.2 Å². The molecule has 7 heteroatoms. The number of fused-ring (bicyclic) bond motifs is 1. The summed E-state index contributed by atoms with van der Waals surface area (Å²) in [6, 6.07) is 0. The normalized spacial score (nSPS) is 26.6. The third kappa shape index (κ3) is 2.55. The molecule has 2 fully saturated rings. The predicted molar refractivity (Wildman–Crippen MR) is 81.1 cm³/mol. The molecule has 0 aromatic carbocycles. The van der Waals surface area contributed by atoms with Crippen molar-refractivity contribution in [3.63, 3.8) is 0 Å². The molecule has 1 unspecified atom stereocenters. The van der Waals surface area contributed by atoms with E-state index in [2.05, 4.69) is 9.97 Å². The summed E-state index contributed by atoms with van der Waals surface area (Å²) in [5.74, 6) is 0.336. The van der Waals surface area contributed by atoms with Gasteiger partial charge in [-0.3, -0.25) is 0 Å². The first-order valence-electron chi connectivity index (χ1n) is 8.05. The van der Waals surface area contributed by atoms with Crippen LogP contribution in [0.2, 0.25) is 0 Å². The van der Waals surface area contributed by atoms with Crippen LogP contribution in [0.15, 0.2) is 6.33 Å². The van der Waals surface area contributed by atoms with E-state index in [1.807, 2.05) is 0 Å². The summed E-state index contributed by atoms with van der Waals surface area (Å²) in [5, 5.41) is -0.137. The van der Waals surface area contributed by atoms with Gasteiger partial charge in [0.25, 0.3) is 0 Å². The van der Waals surface area contributed by atoms with Crippen molar-refractivity contribution < 1.29 is 13.2 Å². The average molecular weight is 323 g/mol. The highest BCUT2D eigenvalue weighted by Gasteiger charge is 2.40. The maximum Gasteiger partial charge on any atom is 0.217 e. The minimum absolute atomic E-state index is 0.137. The van der Waals surface area contributed by atoms with Gasteiger partial charge in [-0.2, -0.15) is 0 Å². The topological polar surface area (TPSA) is 72.4 Å². The summed E-state index contributed by atoms with van der Waals surface area (Å²) < 4.78 is 32.1. The second-order valence-electron chi connectivity index (χ2n) is 6.39. The number of hydrogen-bond donors (Lipinski definition) is 0. The smallest absolute Gasteiger partial charge is 0.217 e. The standard InChI is InChI=1S/C15H21N3O3S/c19-22(20,12-1-2-12)18-6-3-13-14(4-7-18)16-10-17-15(13)11-5-8-21-9-11/h10-12H,1-9H2. The van der Waals surface area contributed by atoms with Crippen molar-refractivity contribution in [2.75, 3.05) is 26.3 Å². The van der Waals surface area contributed by atoms with Crippen molar-refractivity contribution in [1.82, 2.24) is 14.3 Å². The number of ether oxygens (including phenoxy) is 1. The zero-order chi connectivity index (χ0) is 15.2. The van der Waals surface area contributed by atoms with Crippen LogP contribution in [0, 0.1) is 0 Å². The predicted octanol–water partition coefficient (Wildman–Crippen LogP) is 0.873. The van der Waals surface area contributed by atoms with Gasteiger partial charge < -0.3 is 4.74 Å². The van der Waals surface area contributed by atoms with Gasteiger partial charge in [0.15, 0.2) is 0 Å². The van der Waals surface area contributed by atoms with Crippen molar-refractivity contribution in [2.45, 2.75) is 43.3 Å². The molecule has 3 aliphatic rings. The summed E-state index contributed by atoms with van der Waals surface area (Å²) in [7, 11) is -3.10. The lowest BCUT2D eigenvalue weighted by atomic mass is 9.96. The monoisotopic (exact) mass is 323 g/mol. The fraction of sp³-hybridized carbons (Fsp3) is 0.733. The largest absolute Gasteiger partial charge is 0.381 e. The molecule has 0 N–H and O–H groups in total. The van der Waals surface area contributed by atoms with Crippen LogP contribution in [-0.2, 0) is 27.6 Å². The quantitative estimate of drug-likeness (QED) is 0.825. The summed E-state index contributed by atoms with van der Waals surface area (Å²) >= 11 is 0. The van der Waals surface area contributed by atoms with E-state index < -0.39 is 10.0 Å². The first-order chi connectivity index (χ1) is 10.7. The van der Waals surface area contributed by atoms with Crippen LogP contribution in [0.5, 0.6) is 0 Å².